The molecule has 0 saturated heterocycles. The van der Waals surface area contributed by atoms with E-state index in [0.717, 1.165) is 73.8 Å². The maximum Gasteiger partial charge on any atom is 0.163 e. The molecular formula is C26H29FN6O. The van der Waals surface area contributed by atoms with E-state index < -0.39 is 5.82 Å². The Kier molecular flexibility index (Phi) is 6.40. The van der Waals surface area contributed by atoms with E-state index in [4.69, 9.17) is 14.7 Å². The average molecular weight is 461 g/mol. The number of aromatic nitrogens is 4. The van der Waals surface area contributed by atoms with Crippen LogP contribution in [0.15, 0.2) is 42.9 Å². The van der Waals surface area contributed by atoms with E-state index in [2.05, 4.69) is 39.4 Å². The minimum atomic E-state index is -0.390. The van der Waals surface area contributed by atoms with Gasteiger partial charge in [-0.2, -0.15) is 0 Å². The van der Waals surface area contributed by atoms with Crippen LogP contribution in [0.1, 0.15) is 23.7 Å². The van der Waals surface area contributed by atoms with Crippen LogP contribution in [-0.2, 0) is 19.3 Å². The molecule has 0 saturated carbocycles. The van der Waals surface area contributed by atoms with Crippen molar-refractivity contribution in [1.82, 2.24) is 24.8 Å². The molecule has 0 bridgehead atoms. The van der Waals surface area contributed by atoms with Gasteiger partial charge in [0.05, 0.1) is 19.0 Å². The van der Waals surface area contributed by atoms with Crippen LogP contribution in [0, 0.1) is 5.82 Å². The molecule has 0 aliphatic carbocycles. The molecule has 3 aromatic heterocycles. The van der Waals surface area contributed by atoms with Gasteiger partial charge in [-0.15, -0.1) is 0 Å². The number of likely N-dealkylation sites (N-methyl/N-ethyl adjacent to an activating group) is 1. The van der Waals surface area contributed by atoms with E-state index in [1.54, 1.807) is 13.3 Å². The van der Waals surface area contributed by atoms with Gasteiger partial charge < -0.3 is 19.9 Å². The molecule has 1 aliphatic rings. The zero-order valence-electron chi connectivity index (χ0n) is 19.6. The lowest BCUT2D eigenvalue weighted by atomic mass is 10.1. The first kappa shape index (κ1) is 22.3. The molecule has 5 rings (SSSR count). The summed E-state index contributed by atoms with van der Waals surface area (Å²) in [5.74, 6) is 1.79. The van der Waals surface area contributed by atoms with Gasteiger partial charge >= 0.3 is 0 Å². The highest BCUT2D eigenvalue weighted by molar-refractivity contribution is 5.84. The standard InChI is InChI=1S/C26H29FN6O/c1-3-33-10-7-22-23(8-11-33)31-25(18-12-19(27)16-28-14-18)32-26(22)29-9-6-17-15-30-24-13-20(34-2)4-5-21(17)24/h4-5,12-16,30H,3,6-11H2,1-2H3,(H,29,31,32). The molecule has 1 aromatic carbocycles. The van der Waals surface area contributed by atoms with Gasteiger partial charge in [-0.25, -0.2) is 14.4 Å². The quantitative estimate of drug-likeness (QED) is 0.430. The number of methoxy groups -OCH3 is 1. The van der Waals surface area contributed by atoms with Crippen LogP contribution in [-0.4, -0.2) is 58.1 Å². The summed E-state index contributed by atoms with van der Waals surface area (Å²) in [6, 6.07) is 7.52. The molecule has 0 unspecified atom stereocenters. The van der Waals surface area contributed by atoms with Crippen LogP contribution in [0.5, 0.6) is 5.75 Å². The Labute approximate surface area is 198 Å². The first-order valence-corrected chi connectivity index (χ1v) is 11.8. The third-order valence-corrected chi connectivity index (χ3v) is 6.51. The number of hydrogen-bond donors (Lipinski definition) is 2. The van der Waals surface area contributed by atoms with Gasteiger partial charge in [0, 0.05) is 66.5 Å². The number of H-pyrrole nitrogens is 1. The molecule has 176 valence electrons. The fourth-order valence-electron chi connectivity index (χ4n) is 4.59. The van der Waals surface area contributed by atoms with Crippen molar-refractivity contribution in [3.63, 3.8) is 0 Å². The molecule has 0 atom stereocenters. The summed E-state index contributed by atoms with van der Waals surface area (Å²) in [7, 11) is 1.67. The van der Waals surface area contributed by atoms with Crippen molar-refractivity contribution in [3.05, 3.63) is 65.5 Å². The van der Waals surface area contributed by atoms with Gasteiger partial charge in [-0.3, -0.25) is 4.98 Å². The lowest BCUT2D eigenvalue weighted by Crippen LogP contribution is -2.25. The second kappa shape index (κ2) is 9.77. The summed E-state index contributed by atoms with van der Waals surface area (Å²) in [5.41, 5.74) is 5.08. The largest absolute Gasteiger partial charge is 0.497 e. The topological polar surface area (TPSA) is 79.0 Å². The number of hydrogen-bond acceptors (Lipinski definition) is 6. The summed E-state index contributed by atoms with van der Waals surface area (Å²) in [6.45, 7) is 5.85. The van der Waals surface area contributed by atoms with Crippen LogP contribution in [0.2, 0.25) is 0 Å². The number of benzene rings is 1. The third kappa shape index (κ3) is 4.59. The SMILES string of the molecule is CCN1CCc2nc(-c3cncc(F)c3)nc(NCCc3c[nH]c4cc(OC)ccc34)c2CC1. The summed E-state index contributed by atoms with van der Waals surface area (Å²) >= 11 is 0. The third-order valence-electron chi connectivity index (χ3n) is 6.51. The van der Waals surface area contributed by atoms with Gasteiger partial charge in [-0.1, -0.05) is 6.92 Å². The van der Waals surface area contributed by atoms with Gasteiger partial charge in [0.2, 0.25) is 0 Å². The maximum absolute atomic E-state index is 13.8. The summed E-state index contributed by atoms with van der Waals surface area (Å²) in [4.78, 5) is 19.4. The van der Waals surface area contributed by atoms with E-state index in [0.29, 0.717) is 11.4 Å². The monoisotopic (exact) mass is 460 g/mol. The Morgan fingerprint density at radius 3 is 2.85 bits per heavy atom. The Morgan fingerprint density at radius 2 is 2.03 bits per heavy atom. The van der Waals surface area contributed by atoms with Crippen molar-refractivity contribution in [2.75, 3.05) is 38.6 Å². The first-order valence-electron chi connectivity index (χ1n) is 11.8. The number of fused-ring (bicyclic) bond motifs is 2. The zero-order chi connectivity index (χ0) is 23.5. The molecule has 4 heterocycles. The van der Waals surface area contributed by atoms with E-state index in [1.807, 2.05) is 12.1 Å². The molecule has 7 nitrogen and oxygen atoms in total. The fraction of sp³-hybridized carbons (Fsp3) is 0.346. The second-order valence-corrected chi connectivity index (χ2v) is 8.55. The van der Waals surface area contributed by atoms with Crippen LogP contribution in [0.4, 0.5) is 10.2 Å². The van der Waals surface area contributed by atoms with Gasteiger partial charge in [0.25, 0.3) is 0 Å². The maximum atomic E-state index is 13.8. The molecule has 0 spiro atoms. The number of aromatic amines is 1. The Hall–Kier alpha value is -3.52. The minimum Gasteiger partial charge on any atom is -0.497 e. The first-order chi connectivity index (χ1) is 16.6. The number of anilines is 1. The van der Waals surface area contributed by atoms with Crippen molar-refractivity contribution >= 4 is 16.7 Å². The van der Waals surface area contributed by atoms with Gasteiger partial charge in [-0.05, 0) is 43.1 Å². The number of rotatable bonds is 7. The van der Waals surface area contributed by atoms with E-state index >= 15 is 0 Å². The highest BCUT2D eigenvalue weighted by Gasteiger charge is 2.20. The Morgan fingerprint density at radius 1 is 1.15 bits per heavy atom. The Balaban J connectivity index is 1.41. The smallest absolute Gasteiger partial charge is 0.163 e. The molecule has 0 radical (unpaired) electrons. The highest BCUT2D eigenvalue weighted by Crippen LogP contribution is 2.27. The highest BCUT2D eigenvalue weighted by atomic mass is 19.1. The van der Waals surface area contributed by atoms with Crippen molar-refractivity contribution in [2.45, 2.75) is 26.2 Å². The molecule has 0 fully saturated rings. The van der Waals surface area contributed by atoms with Crippen molar-refractivity contribution < 1.29 is 9.13 Å². The fourth-order valence-corrected chi connectivity index (χ4v) is 4.59. The summed E-state index contributed by atoms with van der Waals surface area (Å²) in [6.07, 6.45) is 7.44. The van der Waals surface area contributed by atoms with Crippen LogP contribution >= 0.6 is 0 Å². The molecule has 34 heavy (non-hydrogen) atoms. The molecule has 4 aromatic rings. The molecule has 8 heteroatoms. The van der Waals surface area contributed by atoms with E-state index in [1.165, 1.54) is 23.2 Å². The average Bonchev–Trinajstić information content (AvgIpc) is 3.13. The van der Waals surface area contributed by atoms with Gasteiger partial charge in [0.15, 0.2) is 5.82 Å². The van der Waals surface area contributed by atoms with E-state index in [-0.39, 0.29) is 0 Å². The van der Waals surface area contributed by atoms with Crippen LogP contribution < -0.4 is 10.1 Å². The summed E-state index contributed by atoms with van der Waals surface area (Å²) in [5, 5.41) is 4.75. The molecule has 2 N–H and O–H groups in total. The van der Waals surface area contributed by atoms with Crippen LogP contribution in [0.25, 0.3) is 22.3 Å². The molecule has 1 aliphatic heterocycles. The normalized spacial score (nSPS) is 14.1. The number of nitrogens with zero attached hydrogens (tertiary/aromatic N) is 4. The second-order valence-electron chi connectivity index (χ2n) is 8.55. The number of halogens is 1. The van der Waals surface area contributed by atoms with E-state index in [9.17, 15) is 4.39 Å². The number of nitrogens with one attached hydrogen (secondary N) is 2. The minimum absolute atomic E-state index is 0.390. The summed E-state index contributed by atoms with van der Waals surface area (Å²) < 4.78 is 19.2. The number of ether oxygens (including phenoxy) is 1. The predicted molar refractivity (Wildman–Crippen MR) is 132 cm³/mol. The van der Waals surface area contributed by atoms with Crippen molar-refractivity contribution in [2.24, 2.45) is 0 Å². The predicted octanol–water partition coefficient (Wildman–Crippen LogP) is 4.24. The molecule has 0 amide bonds. The van der Waals surface area contributed by atoms with Crippen molar-refractivity contribution in [1.29, 1.82) is 0 Å². The number of pyridine rings is 1. The van der Waals surface area contributed by atoms with Gasteiger partial charge in [0.1, 0.15) is 17.4 Å². The Bertz CT molecular complexity index is 1300. The lowest BCUT2D eigenvalue weighted by Gasteiger charge is -2.16. The van der Waals surface area contributed by atoms with Crippen LogP contribution in [0.3, 0.4) is 0 Å². The molecular weight excluding hydrogens is 431 g/mol. The van der Waals surface area contributed by atoms with Crippen molar-refractivity contribution in [3.8, 4) is 17.1 Å². The zero-order valence-corrected chi connectivity index (χ0v) is 19.6. The lowest BCUT2D eigenvalue weighted by molar-refractivity contribution is 0.303.